The van der Waals surface area contributed by atoms with Crippen LogP contribution in [0.1, 0.15) is 5.56 Å². The highest BCUT2D eigenvalue weighted by molar-refractivity contribution is 6.42. The Balaban J connectivity index is 1.31. The van der Waals surface area contributed by atoms with Gasteiger partial charge in [0.2, 0.25) is 5.91 Å². The van der Waals surface area contributed by atoms with E-state index in [9.17, 15) is 4.79 Å². The normalized spacial score (nSPS) is 17.5. The molecule has 8 heteroatoms. The van der Waals surface area contributed by atoms with Gasteiger partial charge >= 0.3 is 0 Å². The third-order valence-electron chi connectivity index (χ3n) is 5.29. The Kier molecular flexibility index (Phi) is 6.23. The van der Waals surface area contributed by atoms with Crippen molar-refractivity contribution in [2.75, 3.05) is 44.2 Å². The Morgan fingerprint density at radius 1 is 1.10 bits per heavy atom. The van der Waals surface area contributed by atoms with E-state index in [-0.39, 0.29) is 5.91 Å². The maximum atomic E-state index is 12.7. The predicted molar refractivity (Wildman–Crippen MR) is 116 cm³/mol. The second-order valence-electron chi connectivity index (χ2n) is 7.22. The van der Waals surface area contributed by atoms with Gasteiger partial charge in [-0.2, -0.15) is 5.10 Å². The van der Waals surface area contributed by atoms with Crippen LogP contribution >= 0.6 is 23.2 Å². The number of amides is 1. The van der Waals surface area contributed by atoms with Crippen LogP contribution in [0.5, 0.6) is 0 Å². The van der Waals surface area contributed by atoms with Gasteiger partial charge in [-0.05, 0) is 23.8 Å². The maximum Gasteiger partial charge on any atom is 0.227 e. The van der Waals surface area contributed by atoms with E-state index in [4.69, 9.17) is 23.2 Å². The van der Waals surface area contributed by atoms with Gasteiger partial charge < -0.3 is 9.80 Å². The second kappa shape index (κ2) is 9.03. The van der Waals surface area contributed by atoms with Crippen molar-refractivity contribution in [3.63, 3.8) is 0 Å². The summed E-state index contributed by atoms with van der Waals surface area (Å²) in [6, 6.07) is 7.34. The summed E-state index contributed by atoms with van der Waals surface area (Å²) in [4.78, 5) is 19.2. The van der Waals surface area contributed by atoms with Gasteiger partial charge in [0.15, 0.2) is 0 Å². The molecular weight excluding hydrogens is 409 g/mol. The lowest BCUT2D eigenvalue weighted by molar-refractivity contribution is -0.132. The number of aromatic nitrogens is 2. The van der Waals surface area contributed by atoms with Crippen molar-refractivity contribution >= 4 is 34.9 Å². The Hall–Kier alpha value is -2.28. The number of anilines is 1. The lowest BCUT2D eigenvalue weighted by Gasteiger charge is -2.37. The third kappa shape index (κ3) is 4.83. The standard InChI is InChI=1S/C21H23Cl2N5O/c22-18-5-4-16(13-19(18)23)14-21(29)27-11-9-26(10-12-27)15-17-3-1-2-8-28(17)20-6-7-24-25-20/h1-7,13H,8-12,14-15H2,(H,24,25). The smallest absolute Gasteiger partial charge is 0.227 e. The molecule has 1 amide bonds. The molecule has 1 fully saturated rings. The zero-order chi connectivity index (χ0) is 20.2. The number of nitrogens with one attached hydrogen (secondary N) is 1. The van der Waals surface area contributed by atoms with E-state index < -0.39 is 0 Å². The van der Waals surface area contributed by atoms with Crippen molar-refractivity contribution < 1.29 is 4.79 Å². The number of benzene rings is 1. The van der Waals surface area contributed by atoms with E-state index >= 15 is 0 Å². The summed E-state index contributed by atoms with van der Waals surface area (Å²) in [5.41, 5.74) is 2.12. The molecule has 1 saturated heterocycles. The van der Waals surface area contributed by atoms with Crippen molar-refractivity contribution in [2.24, 2.45) is 0 Å². The van der Waals surface area contributed by atoms with Gasteiger partial charge in [-0.1, -0.05) is 41.4 Å². The van der Waals surface area contributed by atoms with Crippen LogP contribution in [0.3, 0.4) is 0 Å². The number of piperazine rings is 1. The largest absolute Gasteiger partial charge is 0.340 e. The summed E-state index contributed by atoms with van der Waals surface area (Å²) in [6.07, 6.45) is 8.49. The van der Waals surface area contributed by atoms with Crippen LogP contribution in [0.25, 0.3) is 0 Å². The number of hydrogen-bond donors (Lipinski definition) is 1. The number of carbonyl (C=O) groups is 1. The summed E-state index contributed by atoms with van der Waals surface area (Å²) >= 11 is 12.0. The molecule has 0 atom stereocenters. The summed E-state index contributed by atoms with van der Waals surface area (Å²) in [5, 5.41) is 8.09. The Bertz CT molecular complexity index is 917. The van der Waals surface area contributed by atoms with Gasteiger partial charge in [0, 0.05) is 51.0 Å². The molecule has 1 N–H and O–H groups in total. The zero-order valence-electron chi connectivity index (χ0n) is 16.0. The molecular formula is C21H23Cl2N5O. The molecule has 0 saturated carbocycles. The molecule has 2 aliphatic heterocycles. The highest BCUT2D eigenvalue weighted by atomic mass is 35.5. The zero-order valence-corrected chi connectivity index (χ0v) is 17.5. The van der Waals surface area contributed by atoms with Gasteiger partial charge in [0.1, 0.15) is 5.82 Å². The summed E-state index contributed by atoms with van der Waals surface area (Å²) in [5.74, 6) is 1.12. The van der Waals surface area contributed by atoms with E-state index in [2.05, 4.69) is 38.2 Å². The average molecular weight is 432 g/mol. The molecule has 1 aromatic heterocycles. The average Bonchev–Trinajstić information content (AvgIpc) is 3.26. The fourth-order valence-corrected chi connectivity index (χ4v) is 3.98. The van der Waals surface area contributed by atoms with Gasteiger partial charge in [-0.3, -0.25) is 14.8 Å². The van der Waals surface area contributed by atoms with E-state index in [1.807, 2.05) is 17.0 Å². The molecule has 0 aliphatic carbocycles. The summed E-state index contributed by atoms with van der Waals surface area (Å²) in [7, 11) is 0. The summed E-state index contributed by atoms with van der Waals surface area (Å²) in [6.45, 7) is 4.84. The van der Waals surface area contributed by atoms with Crippen molar-refractivity contribution in [1.29, 1.82) is 0 Å². The first kappa shape index (κ1) is 20.0. The number of rotatable bonds is 5. The van der Waals surface area contributed by atoms with Crippen LogP contribution in [0.15, 0.2) is 54.4 Å². The minimum absolute atomic E-state index is 0.127. The summed E-state index contributed by atoms with van der Waals surface area (Å²) < 4.78 is 0. The van der Waals surface area contributed by atoms with Crippen LogP contribution in [0.2, 0.25) is 10.0 Å². The number of carbonyl (C=O) groups excluding carboxylic acids is 1. The molecule has 0 spiro atoms. The second-order valence-corrected chi connectivity index (χ2v) is 8.04. The monoisotopic (exact) mass is 431 g/mol. The molecule has 3 heterocycles. The molecule has 4 rings (SSSR count). The van der Waals surface area contributed by atoms with Gasteiger partial charge in [-0.25, -0.2) is 0 Å². The topological polar surface area (TPSA) is 55.5 Å². The van der Waals surface area contributed by atoms with E-state index in [1.54, 1.807) is 18.3 Å². The van der Waals surface area contributed by atoms with E-state index in [0.717, 1.165) is 50.6 Å². The first-order valence-electron chi connectivity index (χ1n) is 9.67. The first-order chi connectivity index (χ1) is 14.1. The van der Waals surface area contributed by atoms with E-state index in [1.165, 1.54) is 5.70 Å². The van der Waals surface area contributed by atoms with Gasteiger partial charge in [0.05, 0.1) is 22.7 Å². The molecule has 0 bridgehead atoms. The fraction of sp³-hybridized carbons (Fsp3) is 0.333. The number of H-pyrrole nitrogens is 1. The molecule has 29 heavy (non-hydrogen) atoms. The van der Waals surface area contributed by atoms with Gasteiger partial charge in [0.25, 0.3) is 0 Å². The van der Waals surface area contributed by atoms with Crippen LogP contribution in [-0.2, 0) is 11.2 Å². The highest BCUT2D eigenvalue weighted by Crippen LogP contribution is 2.23. The Labute approximate surface area is 180 Å². The number of allylic oxidation sites excluding steroid dienone is 2. The number of nitrogens with zero attached hydrogens (tertiary/aromatic N) is 4. The van der Waals surface area contributed by atoms with E-state index in [0.29, 0.717) is 16.5 Å². The molecule has 6 nitrogen and oxygen atoms in total. The first-order valence-corrected chi connectivity index (χ1v) is 10.4. The predicted octanol–water partition coefficient (Wildman–Crippen LogP) is 3.36. The fourth-order valence-electron chi connectivity index (χ4n) is 3.66. The molecule has 2 aromatic rings. The van der Waals surface area contributed by atoms with Crippen LogP contribution < -0.4 is 4.90 Å². The van der Waals surface area contributed by atoms with Crippen molar-refractivity contribution in [1.82, 2.24) is 20.0 Å². The van der Waals surface area contributed by atoms with Crippen molar-refractivity contribution in [2.45, 2.75) is 6.42 Å². The molecule has 2 aliphatic rings. The van der Waals surface area contributed by atoms with Crippen molar-refractivity contribution in [3.05, 3.63) is 70.0 Å². The lowest BCUT2D eigenvalue weighted by atomic mass is 10.1. The van der Waals surface area contributed by atoms with Crippen LogP contribution in [0, 0.1) is 0 Å². The molecule has 0 unspecified atom stereocenters. The SMILES string of the molecule is O=C(Cc1ccc(Cl)c(Cl)c1)N1CCN(CC2=CC=CCN2c2ccn[nH]2)CC1. The quantitative estimate of drug-likeness (QED) is 0.788. The Morgan fingerprint density at radius 2 is 1.93 bits per heavy atom. The van der Waals surface area contributed by atoms with Gasteiger partial charge in [-0.15, -0.1) is 0 Å². The Morgan fingerprint density at radius 3 is 2.66 bits per heavy atom. The van der Waals surface area contributed by atoms with Crippen molar-refractivity contribution in [3.8, 4) is 0 Å². The minimum Gasteiger partial charge on any atom is -0.340 e. The molecule has 1 aromatic carbocycles. The van der Waals surface area contributed by atoms with Crippen LogP contribution in [0.4, 0.5) is 5.82 Å². The molecule has 152 valence electrons. The number of hydrogen-bond acceptors (Lipinski definition) is 4. The molecule has 0 radical (unpaired) electrons. The third-order valence-corrected chi connectivity index (χ3v) is 6.03. The number of halogens is 2. The highest BCUT2D eigenvalue weighted by Gasteiger charge is 2.24. The number of aromatic amines is 1. The maximum absolute atomic E-state index is 12.7. The lowest BCUT2D eigenvalue weighted by Crippen LogP contribution is -2.50. The van der Waals surface area contributed by atoms with Crippen LogP contribution in [-0.4, -0.2) is 65.2 Å². The minimum atomic E-state index is 0.127.